The monoisotopic (exact) mass is 541 g/mol. The van der Waals surface area contributed by atoms with Crippen LogP contribution in [0.1, 0.15) is 45.4 Å². The summed E-state index contributed by atoms with van der Waals surface area (Å²) >= 11 is 0. The van der Waals surface area contributed by atoms with Crippen molar-refractivity contribution in [1.82, 2.24) is 0 Å². The molecule has 1 nitrogen and oxygen atoms in total. The molecule has 5 aromatic rings. The van der Waals surface area contributed by atoms with Gasteiger partial charge in [0.05, 0.1) is 0 Å². The molecule has 0 amide bonds. The molecule has 0 aromatic heterocycles. The van der Waals surface area contributed by atoms with Gasteiger partial charge in [-0.15, -0.1) is 0 Å². The second-order valence-corrected chi connectivity index (χ2v) is 10.6. The van der Waals surface area contributed by atoms with Gasteiger partial charge in [0.1, 0.15) is 0 Å². The molecule has 0 fully saturated rings. The molecule has 5 aromatic carbocycles. The molecule has 0 heterocycles. The van der Waals surface area contributed by atoms with E-state index in [9.17, 15) is 0 Å². The summed E-state index contributed by atoms with van der Waals surface area (Å²) in [4.78, 5) is 2.38. The van der Waals surface area contributed by atoms with Crippen LogP contribution in [0.25, 0.3) is 23.8 Å². The van der Waals surface area contributed by atoms with Crippen molar-refractivity contribution in [3.05, 3.63) is 191 Å². The van der Waals surface area contributed by atoms with Crippen molar-refractivity contribution in [2.45, 2.75) is 19.8 Å². The van der Waals surface area contributed by atoms with Crippen LogP contribution in [0.3, 0.4) is 0 Å². The molecule has 1 aliphatic carbocycles. The predicted octanol–water partition coefficient (Wildman–Crippen LogP) is 10.9. The fourth-order valence-electron chi connectivity index (χ4n) is 5.49. The SMILES string of the molecule is Cc1ccc(N(C=C(c2ccccc2)c2ccccc2)c2ccc(/C=C/C=C/c3ccccc3)c3c2CCC=C3)cc1. The first-order chi connectivity index (χ1) is 20.8. The second-order valence-electron chi connectivity index (χ2n) is 10.6. The van der Waals surface area contributed by atoms with Crippen molar-refractivity contribution in [3.8, 4) is 0 Å². The minimum absolute atomic E-state index is 1.00. The van der Waals surface area contributed by atoms with E-state index >= 15 is 0 Å². The van der Waals surface area contributed by atoms with Gasteiger partial charge >= 0.3 is 0 Å². The van der Waals surface area contributed by atoms with Gasteiger partial charge < -0.3 is 4.90 Å². The van der Waals surface area contributed by atoms with E-state index in [2.05, 4.69) is 176 Å². The van der Waals surface area contributed by atoms with E-state index in [0.29, 0.717) is 0 Å². The second kappa shape index (κ2) is 13.0. The quantitative estimate of drug-likeness (QED) is 0.177. The molecule has 0 spiro atoms. The standard InChI is InChI=1S/C41H35N/c1-32-25-28-37(29-26-32)42(31-40(34-18-7-3-8-19-34)35-20-9-4-10-21-35)41-30-27-36(38-23-13-14-24-39(38)41)22-12-11-17-33-15-5-2-6-16-33/h2-13,15-23,25-31H,14,24H2,1H3/b17-11+,22-12+. The van der Waals surface area contributed by atoms with Crippen molar-refractivity contribution < 1.29 is 0 Å². The fourth-order valence-corrected chi connectivity index (χ4v) is 5.49. The van der Waals surface area contributed by atoms with Crippen molar-refractivity contribution >= 4 is 35.2 Å². The molecule has 0 aliphatic heterocycles. The Balaban J connectivity index is 1.47. The smallest absolute Gasteiger partial charge is 0.0494 e. The Morgan fingerprint density at radius 1 is 0.643 bits per heavy atom. The summed E-state index contributed by atoms with van der Waals surface area (Å²) in [7, 11) is 0. The van der Waals surface area contributed by atoms with Crippen LogP contribution in [0.4, 0.5) is 11.4 Å². The Hall–Kier alpha value is -5.14. The van der Waals surface area contributed by atoms with Gasteiger partial charge in [-0.05, 0) is 71.3 Å². The highest BCUT2D eigenvalue weighted by molar-refractivity contribution is 5.86. The molecule has 0 radical (unpaired) electrons. The molecule has 204 valence electrons. The van der Waals surface area contributed by atoms with Gasteiger partial charge in [0, 0.05) is 23.1 Å². The Kier molecular flexibility index (Phi) is 8.38. The van der Waals surface area contributed by atoms with Crippen LogP contribution < -0.4 is 4.90 Å². The lowest BCUT2D eigenvalue weighted by Crippen LogP contribution is -2.14. The van der Waals surface area contributed by atoms with Gasteiger partial charge in [-0.25, -0.2) is 0 Å². The molecule has 0 atom stereocenters. The maximum Gasteiger partial charge on any atom is 0.0494 e. The Labute approximate surface area is 250 Å². The third-order valence-electron chi connectivity index (χ3n) is 7.69. The number of anilines is 2. The summed E-state index contributed by atoms with van der Waals surface area (Å²) in [6.07, 6.45) is 17.6. The number of hydrogen-bond acceptors (Lipinski definition) is 1. The molecule has 0 saturated heterocycles. The molecule has 6 rings (SSSR count). The van der Waals surface area contributed by atoms with Gasteiger partial charge in [0.15, 0.2) is 0 Å². The molecule has 0 unspecified atom stereocenters. The molecule has 0 bridgehead atoms. The molecule has 42 heavy (non-hydrogen) atoms. The van der Waals surface area contributed by atoms with E-state index in [4.69, 9.17) is 0 Å². The molecule has 1 aliphatic rings. The highest BCUT2D eigenvalue weighted by atomic mass is 15.1. The van der Waals surface area contributed by atoms with Crippen LogP contribution in [-0.4, -0.2) is 0 Å². The number of nitrogens with zero attached hydrogens (tertiary/aromatic N) is 1. The van der Waals surface area contributed by atoms with E-state index in [-0.39, 0.29) is 0 Å². The minimum atomic E-state index is 1.00. The van der Waals surface area contributed by atoms with Gasteiger partial charge in [-0.1, -0.05) is 151 Å². The third-order valence-corrected chi connectivity index (χ3v) is 7.69. The zero-order valence-electron chi connectivity index (χ0n) is 24.0. The summed E-state index contributed by atoms with van der Waals surface area (Å²) in [6, 6.07) is 45.2. The van der Waals surface area contributed by atoms with Crippen LogP contribution in [0, 0.1) is 6.92 Å². The Morgan fingerprint density at radius 3 is 1.93 bits per heavy atom. The van der Waals surface area contributed by atoms with E-state index < -0.39 is 0 Å². The first kappa shape index (κ1) is 27.1. The number of fused-ring (bicyclic) bond motifs is 1. The number of allylic oxidation sites excluding steroid dienone is 3. The Morgan fingerprint density at radius 2 is 1.26 bits per heavy atom. The summed E-state index contributed by atoms with van der Waals surface area (Å²) in [5, 5.41) is 0. The van der Waals surface area contributed by atoms with E-state index in [1.807, 2.05) is 6.07 Å². The van der Waals surface area contributed by atoms with Crippen molar-refractivity contribution in [2.75, 3.05) is 4.90 Å². The van der Waals surface area contributed by atoms with Crippen molar-refractivity contribution in [1.29, 1.82) is 0 Å². The van der Waals surface area contributed by atoms with E-state index in [1.165, 1.54) is 50.2 Å². The topological polar surface area (TPSA) is 3.24 Å². The summed E-state index contributed by atoms with van der Waals surface area (Å²) in [6.45, 7) is 2.14. The number of aryl methyl sites for hydroxylation is 1. The van der Waals surface area contributed by atoms with Crippen LogP contribution >= 0.6 is 0 Å². The largest absolute Gasteiger partial charge is 0.316 e. The van der Waals surface area contributed by atoms with Gasteiger partial charge in [-0.2, -0.15) is 0 Å². The summed E-state index contributed by atoms with van der Waals surface area (Å²) < 4.78 is 0. The van der Waals surface area contributed by atoms with Gasteiger partial charge in [0.25, 0.3) is 0 Å². The number of benzene rings is 5. The average molecular weight is 542 g/mol. The van der Waals surface area contributed by atoms with Gasteiger partial charge in [0.2, 0.25) is 0 Å². The van der Waals surface area contributed by atoms with Crippen LogP contribution in [0.2, 0.25) is 0 Å². The zero-order chi connectivity index (χ0) is 28.6. The first-order valence-corrected chi connectivity index (χ1v) is 14.7. The average Bonchev–Trinajstić information content (AvgIpc) is 3.06. The molecule has 0 saturated carbocycles. The minimum Gasteiger partial charge on any atom is -0.316 e. The summed E-state index contributed by atoms with van der Waals surface area (Å²) in [5.41, 5.74) is 12.3. The maximum absolute atomic E-state index is 2.38. The van der Waals surface area contributed by atoms with Crippen LogP contribution in [0.15, 0.2) is 152 Å². The zero-order valence-corrected chi connectivity index (χ0v) is 24.0. The molecule has 0 N–H and O–H groups in total. The lowest BCUT2D eigenvalue weighted by Gasteiger charge is -2.28. The predicted molar refractivity (Wildman–Crippen MR) is 182 cm³/mol. The van der Waals surface area contributed by atoms with Crippen molar-refractivity contribution in [2.24, 2.45) is 0 Å². The highest BCUT2D eigenvalue weighted by Gasteiger charge is 2.19. The maximum atomic E-state index is 2.38. The summed E-state index contributed by atoms with van der Waals surface area (Å²) in [5.74, 6) is 0. The normalized spacial score (nSPS) is 12.4. The van der Waals surface area contributed by atoms with E-state index in [0.717, 1.165) is 18.5 Å². The lowest BCUT2D eigenvalue weighted by atomic mass is 9.90. The highest BCUT2D eigenvalue weighted by Crippen LogP contribution is 2.38. The first-order valence-electron chi connectivity index (χ1n) is 14.7. The Bertz CT molecular complexity index is 1700. The molecule has 1 heteroatoms. The number of hydrogen-bond donors (Lipinski definition) is 0. The van der Waals surface area contributed by atoms with E-state index in [1.54, 1.807) is 0 Å². The van der Waals surface area contributed by atoms with Gasteiger partial charge in [-0.3, -0.25) is 0 Å². The number of rotatable bonds is 8. The van der Waals surface area contributed by atoms with Crippen LogP contribution in [-0.2, 0) is 6.42 Å². The molecular formula is C41H35N. The van der Waals surface area contributed by atoms with Crippen molar-refractivity contribution in [3.63, 3.8) is 0 Å². The third kappa shape index (κ3) is 6.27. The molecular weight excluding hydrogens is 506 g/mol. The fraction of sp³-hybridized carbons (Fsp3) is 0.0732. The van der Waals surface area contributed by atoms with Crippen LogP contribution in [0.5, 0.6) is 0 Å². The lowest BCUT2D eigenvalue weighted by molar-refractivity contribution is 0.977.